The van der Waals surface area contributed by atoms with Crippen LogP contribution in [0, 0.1) is 0 Å². The molecule has 10 nitrogen and oxygen atoms in total. The van der Waals surface area contributed by atoms with E-state index in [1.165, 1.54) is 42.4 Å². The van der Waals surface area contributed by atoms with Crippen molar-refractivity contribution in [3.05, 3.63) is 87.6 Å². The number of carbonyl (C=O) groups is 1. The van der Waals surface area contributed by atoms with Gasteiger partial charge < -0.3 is 14.8 Å². The summed E-state index contributed by atoms with van der Waals surface area (Å²) >= 11 is 0. The highest BCUT2D eigenvalue weighted by atomic mass is 19.4. The Morgan fingerprint density at radius 3 is 2.67 bits per heavy atom. The second-order valence-corrected chi connectivity index (χ2v) is 10.6. The van der Waals surface area contributed by atoms with Crippen molar-refractivity contribution in [3.8, 4) is 11.3 Å². The SMILES string of the molecule is Cn1cc(-c2cccc(N3CCc4cc(C5CC5)ccc4C3=O)c2CON)nc(Nc2cnn(CC(F)(F)F)c2)c1=O. The first-order chi connectivity index (χ1) is 20.1. The van der Waals surface area contributed by atoms with Crippen molar-refractivity contribution in [2.45, 2.75) is 44.5 Å². The Bertz CT molecular complexity index is 1730. The summed E-state index contributed by atoms with van der Waals surface area (Å²) in [5.41, 5.74) is 4.82. The van der Waals surface area contributed by atoms with Crippen LogP contribution in [0.15, 0.2) is 59.8 Å². The average Bonchev–Trinajstić information content (AvgIpc) is 3.71. The van der Waals surface area contributed by atoms with Crippen molar-refractivity contribution in [2.24, 2.45) is 12.9 Å². The van der Waals surface area contributed by atoms with E-state index in [0.717, 1.165) is 16.4 Å². The zero-order chi connectivity index (χ0) is 29.6. The number of amides is 1. The molecule has 0 saturated heterocycles. The number of rotatable bonds is 8. The van der Waals surface area contributed by atoms with Gasteiger partial charge >= 0.3 is 6.18 Å². The number of carbonyl (C=O) groups excluding carboxylic acids is 1. The molecule has 0 atom stereocenters. The molecule has 1 aliphatic carbocycles. The van der Waals surface area contributed by atoms with E-state index < -0.39 is 18.3 Å². The third-order valence-electron chi connectivity index (χ3n) is 7.51. The van der Waals surface area contributed by atoms with E-state index in [1.54, 1.807) is 17.0 Å². The highest BCUT2D eigenvalue weighted by Crippen LogP contribution is 2.41. The predicted octanol–water partition coefficient (Wildman–Crippen LogP) is 4.42. The highest BCUT2D eigenvalue weighted by molar-refractivity contribution is 6.09. The van der Waals surface area contributed by atoms with Crippen LogP contribution in [0.4, 0.5) is 30.4 Å². The minimum atomic E-state index is -4.44. The van der Waals surface area contributed by atoms with Crippen LogP contribution >= 0.6 is 0 Å². The standard InChI is InChI=1S/C29H28F3N7O3/c1-37-14-24(36-26(28(37)41)35-20-12-34-38(13-20)16-29(30,31)32)22-3-2-4-25(23(22)15-42-33)39-10-9-19-11-18(17-5-6-17)7-8-21(19)27(39)40/h2-4,7-8,11-14,17H,5-6,9-10,15-16,33H2,1H3,(H,35,36). The molecule has 0 radical (unpaired) electrons. The van der Waals surface area contributed by atoms with Crippen LogP contribution in [0.3, 0.4) is 0 Å². The fourth-order valence-electron chi connectivity index (χ4n) is 5.36. The van der Waals surface area contributed by atoms with Gasteiger partial charge in [0.2, 0.25) is 0 Å². The van der Waals surface area contributed by atoms with E-state index in [-0.39, 0.29) is 24.0 Å². The fourth-order valence-corrected chi connectivity index (χ4v) is 5.36. The van der Waals surface area contributed by atoms with Gasteiger partial charge in [-0.3, -0.25) is 19.1 Å². The molecular weight excluding hydrogens is 551 g/mol. The van der Waals surface area contributed by atoms with Gasteiger partial charge in [0.25, 0.3) is 11.5 Å². The molecule has 13 heteroatoms. The summed E-state index contributed by atoms with van der Waals surface area (Å²) in [5.74, 6) is 5.88. The lowest BCUT2D eigenvalue weighted by atomic mass is 9.93. The molecule has 0 bridgehead atoms. The largest absolute Gasteiger partial charge is 0.408 e. The third kappa shape index (κ3) is 5.52. The second-order valence-electron chi connectivity index (χ2n) is 10.6. The molecule has 1 amide bonds. The lowest BCUT2D eigenvalue weighted by Gasteiger charge is -2.31. The fraction of sp³-hybridized carbons (Fsp3) is 0.310. The summed E-state index contributed by atoms with van der Waals surface area (Å²) in [7, 11) is 1.54. The molecule has 6 rings (SSSR count). The summed E-state index contributed by atoms with van der Waals surface area (Å²) in [6.45, 7) is -0.840. The number of halogens is 3. The Hall–Kier alpha value is -4.49. The molecule has 2 aromatic heterocycles. The molecule has 0 unspecified atom stereocenters. The molecule has 2 aliphatic rings. The Balaban J connectivity index is 1.34. The quantitative estimate of drug-likeness (QED) is 0.297. The van der Waals surface area contributed by atoms with Gasteiger partial charge in [0.05, 0.1) is 29.9 Å². The topological polar surface area (TPSA) is 120 Å². The minimum absolute atomic E-state index is 0.0414. The molecule has 1 saturated carbocycles. The number of aromatic nitrogens is 4. The summed E-state index contributed by atoms with van der Waals surface area (Å²) in [5, 5.41) is 6.48. The Morgan fingerprint density at radius 2 is 1.93 bits per heavy atom. The normalized spacial score (nSPS) is 15.2. The van der Waals surface area contributed by atoms with Crippen LogP contribution in [0.25, 0.3) is 11.3 Å². The minimum Gasteiger partial charge on any atom is -0.333 e. The maximum absolute atomic E-state index is 13.7. The number of anilines is 3. The first kappa shape index (κ1) is 27.7. The smallest absolute Gasteiger partial charge is 0.333 e. The summed E-state index contributed by atoms with van der Waals surface area (Å²) in [6.07, 6.45) is 2.49. The van der Waals surface area contributed by atoms with Crippen LogP contribution in [0.2, 0.25) is 0 Å². The predicted molar refractivity (Wildman–Crippen MR) is 149 cm³/mol. The molecule has 0 spiro atoms. The number of hydrogen-bond donors (Lipinski definition) is 2. The Labute approximate surface area is 238 Å². The van der Waals surface area contributed by atoms with Crippen LogP contribution < -0.4 is 21.7 Å². The van der Waals surface area contributed by atoms with Gasteiger partial charge in [0.1, 0.15) is 6.54 Å². The Morgan fingerprint density at radius 1 is 1.12 bits per heavy atom. The number of benzene rings is 2. The number of alkyl halides is 3. The second kappa shape index (κ2) is 10.7. The van der Waals surface area contributed by atoms with E-state index >= 15 is 0 Å². The van der Waals surface area contributed by atoms with E-state index in [9.17, 15) is 22.8 Å². The van der Waals surface area contributed by atoms with Gasteiger partial charge in [-0.1, -0.05) is 24.3 Å². The van der Waals surface area contributed by atoms with Crippen molar-refractivity contribution in [1.29, 1.82) is 0 Å². The number of aryl methyl sites for hydroxylation is 1. The summed E-state index contributed by atoms with van der Waals surface area (Å²) in [4.78, 5) is 37.8. The summed E-state index contributed by atoms with van der Waals surface area (Å²) in [6, 6.07) is 11.5. The lowest BCUT2D eigenvalue weighted by Crippen LogP contribution is -2.38. The lowest BCUT2D eigenvalue weighted by molar-refractivity contribution is -0.142. The van der Waals surface area contributed by atoms with Crippen LogP contribution in [0.1, 0.15) is 45.8 Å². The van der Waals surface area contributed by atoms with Crippen LogP contribution in [0.5, 0.6) is 0 Å². The van der Waals surface area contributed by atoms with Gasteiger partial charge in [-0.15, -0.1) is 0 Å². The monoisotopic (exact) mass is 579 g/mol. The molecular formula is C29H28F3N7O3. The number of hydrogen-bond acceptors (Lipinski definition) is 7. The average molecular weight is 580 g/mol. The van der Waals surface area contributed by atoms with Gasteiger partial charge in [0.15, 0.2) is 5.82 Å². The number of nitrogens with one attached hydrogen (secondary N) is 1. The van der Waals surface area contributed by atoms with Gasteiger partial charge in [0, 0.05) is 42.7 Å². The van der Waals surface area contributed by atoms with Crippen molar-refractivity contribution < 1.29 is 22.8 Å². The molecule has 2 aromatic carbocycles. The maximum atomic E-state index is 13.7. The molecule has 1 aliphatic heterocycles. The van der Waals surface area contributed by atoms with Gasteiger partial charge in [-0.05, 0) is 48.4 Å². The highest BCUT2D eigenvalue weighted by Gasteiger charge is 2.31. The molecule has 3 heterocycles. The summed E-state index contributed by atoms with van der Waals surface area (Å²) < 4.78 is 40.3. The maximum Gasteiger partial charge on any atom is 0.408 e. The van der Waals surface area contributed by atoms with Crippen LogP contribution in [-0.2, 0) is 31.5 Å². The number of fused-ring (bicyclic) bond motifs is 1. The van der Waals surface area contributed by atoms with Gasteiger partial charge in [-0.2, -0.15) is 18.3 Å². The zero-order valence-electron chi connectivity index (χ0n) is 22.7. The number of nitrogens with two attached hydrogens (primary N) is 1. The van der Waals surface area contributed by atoms with Crippen LogP contribution in [-0.4, -0.2) is 38.0 Å². The van der Waals surface area contributed by atoms with E-state index in [4.69, 9.17) is 10.7 Å². The Kier molecular flexibility index (Phi) is 7.07. The third-order valence-corrected chi connectivity index (χ3v) is 7.51. The zero-order valence-corrected chi connectivity index (χ0v) is 22.7. The van der Waals surface area contributed by atoms with Crippen molar-refractivity contribution in [2.75, 3.05) is 16.8 Å². The van der Waals surface area contributed by atoms with Crippen molar-refractivity contribution in [3.63, 3.8) is 0 Å². The molecule has 42 heavy (non-hydrogen) atoms. The van der Waals surface area contributed by atoms with E-state index in [0.29, 0.717) is 47.0 Å². The molecule has 218 valence electrons. The van der Waals surface area contributed by atoms with E-state index in [2.05, 4.69) is 21.5 Å². The molecule has 3 N–H and O–H groups in total. The van der Waals surface area contributed by atoms with E-state index in [1.807, 2.05) is 18.2 Å². The molecule has 1 fully saturated rings. The van der Waals surface area contributed by atoms with Gasteiger partial charge in [-0.25, -0.2) is 10.9 Å². The van der Waals surface area contributed by atoms with Crippen molar-refractivity contribution >= 4 is 23.1 Å². The molecule has 4 aromatic rings. The first-order valence-corrected chi connectivity index (χ1v) is 13.4. The number of nitrogens with zero attached hydrogens (tertiary/aromatic N) is 5. The van der Waals surface area contributed by atoms with Crippen molar-refractivity contribution in [1.82, 2.24) is 19.3 Å². The first-order valence-electron chi connectivity index (χ1n) is 13.4.